The number of nitrogens with zero attached hydrogens (tertiary/aromatic N) is 3. The maximum Gasteiger partial charge on any atom is 0.180 e. The van der Waals surface area contributed by atoms with E-state index in [0.29, 0.717) is 11.6 Å². The third-order valence-corrected chi connectivity index (χ3v) is 4.55. The quantitative estimate of drug-likeness (QED) is 0.801. The molecule has 4 rings (SSSR count). The minimum absolute atomic E-state index is 0.238. The van der Waals surface area contributed by atoms with Gasteiger partial charge in [-0.1, -0.05) is 11.6 Å². The first-order valence-corrected chi connectivity index (χ1v) is 7.35. The molecule has 1 atom stereocenters. The number of hydrogen-bond donors (Lipinski definition) is 0. The summed E-state index contributed by atoms with van der Waals surface area (Å²) in [6, 6.07) is 5.20. The van der Waals surface area contributed by atoms with E-state index in [2.05, 4.69) is 15.0 Å². The van der Waals surface area contributed by atoms with Gasteiger partial charge in [-0.25, -0.2) is 4.39 Å². The van der Waals surface area contributed by atoms with Gasteiger partial charge >= 0.3 is 0 Å². The topological polar surface area (TPSA) is 32.5 Å². The van der Waals surface area contributed by atoms with Crippen LogP contribution >= 0.6 is 0 Å². The van der Waals surface area contributed by atoms with Crippen molar-refractivity contribution < 1.29 is 8.91 Å². The summed E-state index contributed by atoms with van der Waals surface area (Å²) in [5.41, 5.74) is 0.660. The van der Waals surface area contributed by atoms with Crippen molar-refractivity contribution in [2.75, 3.05) is 31.1 Å². The van der Waals surface area contributed by atoms with Crippen molar-refractivity contribution in [3.63, 3.8) is 0 Å². The van der Waals surface area contributed by atoms with Crippen LogP contribution in [0.1, 0.15) is 19.3 Å². The molecule has 0 spiro atoms. The molecular weight excluding hydrogens is 257 g/mol. The Morgan fingerprint density at radius 2 is 2.15 bits per heavy atom. The third kappa shape index (κ3) is 1.97. The molecule has 0 bridgehead atoms. The molecule has 106 valence electrons. The number of anilines is 1. The molecule has 2 aliphatic rings. The van der Waals surface area contributed by atoms with Crippen molar-refractivity contribution in [1.82, 2.24) is 10.1 Å². The van der Waals surface area contributed by atoms with Gasteiger partial charge in [-0.05, 0) is 37.6 Å². The number of piperidine rings is 1. The molecular formula is C15H18FN3O. The lowest BCUT2D eigenvalue weighted by molar-refractivity contribution is 0.133. The van der Waals surface area contributed by atoms with Crippen LogP contribution < -0.4 is 4.90 Å². The van der Waals surface area contributed by atoms with Gasteiger partial charge in [-0.3, -0.25) is 4.90 Å². The number of fused-ring (bicyclic) bond motifs is 2. The van der Waals surface area contributed by atoms with E-state index < -0.39 is 0 Å². The minimum Gasteiger partial charge on any atom is -0.354 e. The van der Waals surface area contributed by atoms with Crippen LogP contribution in [0.2, 0.25) is 0 Å². The van der Waals surface area contributed by atoms with E-state index in [4.69, 9.17) is 4.52 Å². The van der Waals surface area contributed by atoms with Gasteiger partial charge < -0.3 is 9.42 Å². The summed E-state index contributed by atoms with van der Waals surface area (Å²) in [6.07, 6.45) is 3.87. The number of piperazine rings is 1. The second kappa shape index (κ2) is 4.74. The Hall–Kier alpha value is -1.62. The van der Waals surface area contributed by atoms with Crippen molar-refractivity contribution in [3.05, 3.63) is 24.0 Å². The van der Waals surface area contributed by atoms with E-state index in [1.165, 1.54) is 37.9 Å². The number of rotatable bonds is 1. The summed E-state index contributed by atoms with van der Waals surface area (Å²) in [6.45, 7) is 4.19. The molecule has 1 aromatic carbocycles. The largest absolute Gasteiger partial charge is 0.354 e. The lowest BCUT2D eigenvalue weighted by atomic mass is 9.99. The van der Waals surface area contributed by atoms with Gasteiger partial charge in [0.1, 0.15) is 5.82 Å². The molecule has 3 heterocycles. The predicted molar refractivity (Wildman–Crippen MR) is 75.4 cm³/mol. The smallest absolute Gasteiger partial charge is 0.180 e. The molecule has 2 fully saturated rings. The van der Waals surface area contributed by atoms with Gasteiger partial charge in [0, 0.05) is 25.7 Å². The first kappa shape index (κ1) is 12.1. The molecule has 0 saturated carbocycles. The Kier molecular flexibility index (Phi) is 2.88. The first-order valence-electron chi connectivity index (χ1n) is 7.35. The zero-order valence-corrected chi connectivity index (χ0v) is 11.4. The Morgan fingerprint density at radius 3 is 3.10 bits per heavy atom. The minimum atomic E-state index is -0.238. The van der Waals surface area contributed by atoms with Gasteiger partial charge in [-0.2, -0.15) is 0 Å². The Labute approximate surface area is 117 Å². The highest BCUT2D eigenvalue weighted by atomic mass is 19.1. The fourth-order valence-corrected chi connectivity index (χ4v) is 3.47. The van der Waals surface area contributed by atoms with Crippen LogP contribution in [0.5, 0.6) is 0 Å². The Morgan fingerprint density at radius 1 is 1.20 bits per heavy atom. The van der Waals surface area contributed by atoms with E-state index in [1.54, 1.807) is 6.07 Å². The predicted octanol–water partition coefficient (Wildman–Crippen LogP) is 2.64. The van der Waals surface area contributed by atoms with Crippen LogP contribution in [0.3, 0.4) is 0 Å². The maximum absolute atomic E-state index is 13.4. The SMILES string of the molecule is Fc1ccc2onc(N3CCN4CCCCC4C3)c2c1. The highest BCUT2D eigenvalue weighted by Gasteiger charge is 2.30. The summed E-state index contributed by atoms with van der Waals surface area (Å²) < 4.78 is 18.8. The van der Waals surface area contributed by atoms with Crippen molar-refractivity contribution in [1.29, 1.82) is 0 Å². The lowest BCUT2D eigenvalue weighted by Crippen LogP contribution is -2.55. The van der Waals surface area contributed by atoms with Crippen molar-refractivity contribution >= 4 is 16.8 Å². The normalized spacial score (nSPS) is 24.1. The Balaban J connectivity index is 1.64. The fraction of sp³-hybridized carbons (Fsp3) is 0.533. The molecule has 2 saturated heterocycles. The van der Waals surface area contributed by atoms with Crippen molar-refractivity contribution in [3.8, 4) is 0 Å². The number of benzene rings is 1. The molecule has 20 heavy (non-hydrogen) atoms. The second-order valence-electron chi connectivity index (χ2n) is 5.78. The van der Waals surface area contributed by atoms with Crippen molar-refractivity contribution in [2.24, 2.45) is 0 Å². The molecule has 4 nitrogen and oxygen atoms in total. The average molecular weight is 275 g/mol. The van der Waals surface area contributed by atoms with Crippen LogP contribution in [-0.2, 0) is 0 Å². The molecule has 2 aliphatic heterocycles. The molecule has 1 aromatic heterocycles. The summed E-state index contributed by atoms with van der Waals surface area (Å²) >= 11 is 0. The zero-order chi connectivity index (χ0) is 13.5. The molecule has 2 aromatic rings. The first-order chi connectivity index (χ1) is 9.81. The maximum atomic E-state index is 13.4. The molecule has 5 heteroatoms. The van der Waals surface area contributed by atoms with E-state index in [0.717, 1.165) is 30.8 Å². The van der Waals surface area contributed by atoms with Gasteiger partial charge in [0.05, 0.1) is 5.39 Å². The van der Waals surface area contributed by atoms with Crippen LogP contribution in [-0.4, -0.2) is 42.3 Å². The molecule has 1 unspecified atom stereocenters. The highest BCUT2D eigenvalue weighted by Crippen LogP contribution is 2.30. The van der Waals surface area contributed by atoms with E-state index in [1.807, 2.05) is 0 Å². The number of hydrogen-bond acceptors (Lipinski definition) is 4. The van der Waals surface area contributed by atoms with E-state index in [-0.39, 0.29) is 5.82 Å². The van der Waals surface area contributed by atoms with Crippen LogP contribution in [0.15, 0.2) is 22.7 Å². The third-order valence-electron chi connectivity index (χ3n) is 4.55. The van der Waals surface area contributed by atoms with Crippen LogP contribution in [0.4, 0.5) is 10.2 Å². The average Bonchev–Trinajstić information content (AvgIpc) is 2.89. The van der Waals surface area contributed by atoms with Crippen LogP contribution in [0, 0.1) is 5.82 Å². The Bertz CT molecular complexity index is 627. The summed E-state index contributed by atoms with van der Waals surface area (Å²) in [4.78, 5) is 4.82. The summed E-state index contributed by atoms with van der Waals surface area (Å²) in [5.74, 6) is 0.558. The van der Waals surface area contributed by atoms with E-state index >= 15 is 0 Å². The zero-order valence-electron chi connectivity index (χ0n) is 11.4. The summed E-state index contributed by atoms with van der Waals surface area (Å²) in [5, 5.41) is 4.95. The highest BCUT2D eigenvalue weighted by molar-refractivity contribution is 5.88. The summed E-state index contributed by atoms with van der Waals surface area (Å²) in [7, 11) is 0. The molecule has 0 aliphatic carbocycles. The number of aromatic nitrogens is 1. The van der Waals surface area contributed by atoms with Gasteiger partial charge in [0.25, 0.3) is 0 Å². The molecule has 0 radical (unpaired) electrons. The van der Waals surface area contributed by atoms with Gasteiger partial charge in [0.15, 0.2) is 11.4 Å². The lowest BCUT2D eigenvalue weighted by Gasteiger charge is -2.44. The monoisotopic (exact) mass is 275 g/mol. The second-order valence-corrected chi connectivity index (χ2v) is 5.78. The van der Waals surface area contributed by atoms with E-state index in [9.17, 15) is 4.39 Å². The fourth-order valence-electron chi connectivity index (χ4n) is 3.47. The molecule has 0 amide bonds. The van der Waals surface area contributed by atoms with Gasteiger partial charge in [0.2, 0.25) is 0 Å². The molecule has 0 N–H and O–H groups in total. The van der Waals surface area contributed by atoms with Gasteiger partial charge in [-0.15, -0.1) is 0 Å². The van der Waals surface area contributed by atoms with Crippen molar-refractivity contribution in [2.45, 2.75) is 25.3 Å². The number of halogens is 1. The standard InChI is InChI=1S/C15H18FN3O/c16-11-4-5-14-13(9-11)15(17-20-14)19-8-7-18-6-2-1-3-12(18)10-19/h4-5,9,12H,1-3,6-8,10H2. The van der Waals surface area contributed by atoms with Crippen LogP contribution in [0.25, 0.3) is 11.0 Å².